The standard InChI is InChI=1S/C19H25N3O2/c1-7-13(23)14-8-9-15(24-14)17-16-11(2)10-12(3)20-18(16)22(21-17)19(4,5)6/h8-10,13,23H,7H2,1-6H3. The molecule has 0 saturated heterocycles. The van der Waals surface area contributed by atoms with Crippen molar-refractivity contribution < 1.29 is 9.52 Å². The molecule has 3 rings (SSSR count). The second-order valence-corrected chi connectivity index (χ2v) is 7.34. The van der Waals surface area contributed by atoms with Crippen LogP contribution in [0.3, 0.4) is 0 Å². The van der Waals surface area contributed by atoms with Crippen LogP contribution in [0.15, 0.2) is 22.6 Å². The van der Waals surface area contributed by atoms with Crippen molar-refractivity contribution in [2.24, 2.45) is 0 Å². The monoisotopic (exact) mass is 327 g/mol. The van der Waals surface area contributed by atoms with Gasteiger partial charge in [-0.1, -0.05) is 6.92 Å². The van der Waals surface area contributed by atoms with Crippen molar-refractivity contribution in [3.63, 3.8) is 0 Å². The predicted molar refractivity (Wildman–Crippen MR) is 95.0 cm³/mol. The Morgan fingerprint density at radius 3 is 2.58 bits per heavy atom. The summed E-state index contributed by atoms with van der Waals surface area (Å²) in [5.74, 6) is 1.24. The third-order valence-corrected chi connectivity index (χ3v) is 4.17. The molecule has 128 valence electrons. The van der Waals surface area contributed by atoms with Gasteiger partial charge in [-0.2, -0.15) is 5.10 Å². The van der Waals surface area contributed by atoms with Crippen LogP contribution in [0.25, 0.3) is 22.5 Å². The molecule has 1 N–H and O–H groups in total. The predicted octanol–water partition coefficient (Wildman–Crippen LogP) is 4.51. The lowest BCUT2D eigenvalue weighted by Gasteiger charge is -2.19. The van der Waals surface area contributed by atoms with Crippen molar-refractivity contribution in [2.45, 2.75) is 59.6 Å². The number of aromatic nitrogens is 3. The van der Waals surface area contributed by atoms with Gasteiger partial charge in [-0.3, -0.25) is 0 Å². The number of hydrogen-bond donors (Lipinski definition) is 1. The number of aliphatic hydroxyl groups excluding tert-OH is 1. The van der Waals surface area contributed by atoms with Gasteiger partial charge in [-0.25, -0.2) is 9.67 Å². The molecule has 0 aliphatic rings. The Labute approximate surface area is 142 Å². The first-order valence-electron chi connectivity index (χ1n) is 8.38. The number of hydrogen-bond acceptors (Lipinski definition) is 4. The van der Waals surface area contributed by atoms with Crippen LogP contribution in [0.5, 0.6) is 0 Å². The summed E-state index contributed by atoms with van der Waals surface area (Å²) in [6, 6.07) is 5.76. The van der Waals surface area contributed by atoms with E-state index in [1.165, 1.54) is 0 Å². The molecule has 0 aliphatic carbocycles. The number of rotatable bonds is 3. The van der Waals surface area contributed by atoms with Gasteiger partial charge >= 0.3 is 0 Å². The summed E-state index contributed by atoms with van der Waals surface area (Å²) >= 11 is 0. The van der Waals surface area contributed by atoms with E-state index < -0.39 is 6.10 Å². The maximum atomic E-state index is 10.00. The van der Waals surface area contributed by atoms with Crippen molar-refractivity contribution in [3.8, 4) is 11.5 Å². The fourth-order valence-electron chi connectivity index (χ4n) is 2.96. The fourth-order valence-corrected chi connectivity index (χ4v) is 2.96. The molecule has 1 unspecified atom stereocenters. The van der Waals surface area contributed by atoms with Crippen molar-refractivity contribution in [1.82, 2.24) is 14.8 Å². The third kappa shape index (κ3) is 2.73. The molecule has 24 heavy (non-hydrogen) atoms. The van der Waals surface area contributed by atoms with Crippen LogP contribution in [0.2, 0.25) is 0 Å². The Morgan fingerprint density at radius 2 is 1.96 bits per heavy atom. The Bertz CT molecular complexity index is 884. The van der Waals surface area contributed by atoms with Gasteiger partial charge in [0.15, 0.2) is 11.4 Å². The highest BCUT2D eigenvalue weighted by molar-refractivity contribution is 5.92. The molecular formula is C19H25N3O2. The van der Waals surface area contributed by atoms with Gasteiger partial charge in [0.25, 0.3) is 0 Å². The highest BCUT2D eigenvalue weighted by Gasteiger charge is 2.25. The molecule has 5 heteroatoms. The van der Waals surface area contributed by atoms with Crippen LogP contribution in [0.1, 0.15) is 57.2 Å². The molecule has 0 saturated carbocycles. The zero-order valence-corrected chi connectivity index (χ0v) is 15.2. The molecule has 3 heterocycles. The van der Waals surface area contributed by atoms with Gasteiger partial charge in [0.1, 0.15) is 17.6 Å². The topological polar surface area (TPSA) is 64.1 Å². The molecule has 0 spiro atoms. The van der Waals surface area contributed by atoms with Crippen LogP contribution in [0, 0.1) is 13.8 Å². The van der Waals surface area contributed by atoms with E-state index >= 15 is 0 Å². The van der Waals surface area contributed by atoms with E-state index in [0.717, 1.165) is 28.0 Å². The normalized spacial score (nSPS) is 13.6. The molecule has 0 fully saturated rings. The van der Waals surface area contributed by atoms with E-state index in [0.29, 0.717) is 17.9 Å². The second kappa shape index (κ2) is 5.74. The minimum atomic E-state index is -0.587. The van der Waals surface area contributed by atoms with Crippen molar-refractivity contribution in [2.75, 3.05) is 0 Å². The molecule has 0 bridgehead atoms. The van der Waals surface area contributed by atoms with Gasteiger partial charge < -0.3 is 9.52 Å². The highest BCUT2D eigenvalue weighted by atomic mass is 16.4. The average Bonchev–Trinajstić information content (AvgIpc) is 3.09. The van der Waals surface area contributed by atoms with Crippen LogP contribution in [0.4, 0.5) is 0 Å². The average molecular weight is 327 g/mol. The van der Waals surface area contributed by atoms with E-state index in [4.69, 9.17) is 14.5 Å². The molecule has 0 aliphatic heterocycles. The summed E-state index contributed by atoms with van der Waals surface area (Å²) in [4.78, 5) is 4.72. The highest BCUT2D eigenvalue weighted by Crippen LogP contribution is 2.34. The number of fused-ring (bicyclic) bond motifs is 1. The Morgan fingerprint density at radius 1 is 1.25 bits per heavy atom. The summed E-state index contributed by atoms with van der Waals surface area (Å²) in [7, 11) is 0. The molecule has 1 atom stereocenters. The quantitative estimate of drug-likeness (QED) is 0.769. The van der Waals surface area contributed by atoms with Crippen LogP contribution >= 0.6 is 0 Å². The zero-order valence-electron chi connectivity index (χ0n) is 15.2. The molecule has 3 aromatic rings. The lowest BCUT2D eigenvalue weighted by molar-refractivity contribution is 0.146. The Hall–Kier alpha value is -2.14. The largest absolute Gasteiger partial charge is 0.457 e. The summed E-state index contributed by atoms with van der Waals surface area (Å²) < 4.78 is 7.84. The van der Waals surface area contributed by atoms with E-state index in [9.17, 15) is 5.11 Å². The summed E-state index contributed by atoms with van der Waals surface area (Å²) in [6.07, 6.45) is 0.0281. The summed E-state index contributed by atoms with van der Waals surface area (Å²) in [6.45, 7) is 12.3. The minimum Gasteiger partial charge on any atom is -0.457 e. The fraction of sp³-hybridized carbons (Fsp3) is 0.474. The summed E-state index contributed by atoms with van der Waals surface area (Å²) in [5, 5.41) is 15.8. The first-order valence-corrected chi connectivity index (χ1v) is 8.38. The van der Waals surface area contributed by atoms with Crippen molar-refractivity contribution in [3.05, 3.63) is 35.2 Å². The second-order valence-electron chi connectivity index (χ2n) is 7.34. The first-order chi connectivity index (χ1) is 11.2. The smallest absolute Gasteiger partial charge is 0.159 e. The van der Waals surface area contributed by atoms with Crippen LogP contribution in [-0.2, 0) is 5.54 Å². The Balaban J connectivity index is 2.27. The molecule has 0 aromatic carbocycles. The molecule has 5 nitrogen and oxygen atoms in total. The number of aryl methyl sites for hydroxylation is 2. The maximum absolute atomic E-state index is 10.00. The molecule has 0 amide bonds. The third-order valence-electron chi connectivity index (χ3n) is 4.17. The Kier molecular flexibility index (Phi) is 4.00. The lowest BCUT2D eigenvalue weighted by atomic mass is 10.1. The zero-order chi connectivity index (χ0) is 17.6. The number of pyridine rings is 1. The van der Waals surface area contributed by atoms with Gasteiger partial charge in [-0.05, 0) is 64.8 Å². The van der Waals surface area contributed by atoms with Crippen molar-refractivity contribution >= 4 is 11.0 Å². The van der Waals surface area contributed by atoms with E-state index in [1.807, 2.05) is 30.7 Å². The minimum absolute atomic E-state index is 0.192. The van der Waals surface area contributed by atoms with E-state index in [-0.39, 0.29) is 5.54 Å². The SMILES string of the molecule is CCC(O)c1ccc(-c2nn(C(C)(C)C)c3nc(C)cc(C)c23)o1. The number of furan rings is 1. The number of nitrogens with zero attached hydrogens (tertiary/aromatic N) is 3. The number of aliphatic hydroxyl groups is 1. The van der Waals surface area contributed by atoms with Gasteiger partial charge in [0, 0.05) is 5.69 Å². The first kappa shape index (κ1) is 16.7. The summed E-state index contributed by atoms with van der Waals surface area (Å²) in [5.41, 5.74) is 3.54. The van der Waals surface area contributed by atoms with Gasteiger partial charge in [-0.15, -0.1) is 0 Å². The van der Waals surface area contributed by atoms with Crippen molar-refractivity contribution in [1.29, 1.82) is 0 Å². The van der Waals surface area contributed by atoms with E-state index in [1.54, 1.807) is 0 Å². The van der Waals surface area contributed by atoms with Crippen LogP contribution < -0.4 is 0 Å². The van der Waals surface area contributed by atoms with Crippen LogP contribution in [-0.4, -0.2) is 19.9 Å². The van der Waals surface area contributed by atoms with Gasteiger partial charge in [0.2, 0.25) is 0 Å². The van der Waals surface area contributed by atoms with E-state index in [2.05, 4.69) is 33.8 Å². The molecule has 3 aromatic heterocycles. The maximum Gasteiger partial charge on any atom is 0.159 e. The lowest BCUT2D eigenvalue weighted by Crippen LogP contribution is -2.23. The molecular weight excluding hydrogens is 302 g/mol. The molecule has 0 radical (unpaired) electrons. The van der Waals surface area contributed by atoms with Gasteiger partial charge in [0.05, 0.1) is 10.9 Å².